The minimum absolute atomic E-state index is 0.161. The molecule has 3 aromatic rings. The predicted octanol–water partition coefficient (Wildman–Crippen LogP) is 4.12. The van der Waals surface area contributed by atoms with Crippen molar-refractivity contribution >= 4 is 21.4 Å². The van der Waals surface area contributed by atoms with E-state index in [-0.39, 0.29) is 5.82 Å². The zero-order valence-corrected chi connectivity index (χ0v) is 9.32. The second-order valence-corrected chi connectivity index (χ2v) is 4.08. The molecule has 2 aromatic heterocycles. The third-order valence-corrected chi connectivity index (χ3v) is 2.88. The Balaban J connectivity index is 0.000000138. The molecule has 3 rings (SSSR count). The second kappa shape index (κ2) is 5.37. The molecule has 1 aromatic carbocycles. The summed E-state index contributed by atoms with van der Waals surface area (Å²) in [4.78, 5) is 3.78. The first kappa shape index (κ1) is 10.8. The molecule has 16 heavy (non-hydrogen) atoms. The van der Waals surface area contributed by atoms with Crippen molar-refractivity contribution in [2.45, 2.75) is 0 Å². The Morgan fingerprint density at radius 2 is 1.81 bits per heavy atom. The molecule has 0 spiro atoms. The summed E-state index contributed by atoms with van der Waals surface area (Å²) < 4.78 is 13.7. The molecule has 0 atom stereocenters. The van der Waals surface area contributed by atoms with Gasteiger partial charge in [0.25, 0.3) is 0 Å². The van der Waals surface area contributed by atoms with Gasteiger partial charge in [0.05, 0.1) is 0 Å². The summed E-state index contributed by atoms with van der Waals surface area (Å²) in [7, 11) is 0. The van der Waals surface area contributed by atoms with Gasteiger partial charge in [0.15, 0.2) is 0 Å². The Kier molecular flexibility index (Phi) is 3.62. The summed E-state index contributed by atoms with van der Waals surface area (Å²) in [5, 5.41) is 2.95. The molecule has 80 valence electrons. The Hall–Kier alpha value is -1.74. The van der Waals surface area contributed by atoms with Crippen molar-refractivity contribution in [1.29, 1.82) is 0 Å². The van der Waals surface area contributed by atoms with Crippen molar-refractivity contribution < 1.29 is 4.39 Å². The van der Waals surface area contributed by atoms with Gasteiger partial charge in [-0.15, -0.1) is 11.3 Å². The highest BCUT2D eigenvalue weighted by Gasteiger charge is 1.94. The Bertz CT molecular complexity index is 521. The van der Waals surface area contributed by atoms with Gasteiger partial charge in [0, 0.05) is 17.1 Å². The van der Waals surface area contributed by atoms with Gasteiger partial charge >= 0.3 is 0 Å². The maximum absolute atomic E-state index is 12.5. The largest absolute Gasteiger partial charge is 0.265 e. The fourth-order valence-corrected chi connectivity index (χ4v) is 2.02. The van der Waals surface area contributed by atoms with Gasteiger partial charge in [-0.1, -0.05) is 6.07 Å². The van der Waals surface area contributed by atoms with E-state index in [9.17, 15) is 4.39 Å². The number of halogens is 1. The Morgan fingerprint density at radius 3 is 2.44 bits per heavy atom. The molecule has 0 unspecified atom stereocenters. The minimum atomic E-state index is -0.161. The number of nitrogens with zero attached hydrogens (tertiary/aromatic N) is 1. The van der Waals surface area contributed by atoms with Crippen LogP contribution in [0.2, 0.25) is 0 Å². The lowest BCUT2D eigenvalue weighted by Gasteiger charge is -1.86. The number of aromatic nitrogens is 1. The lowest BCUT2D eigenvalue weighted by Crippen LogP contribution is -1.68. The van der Waals surface area contributed by atoms with E-state index in [1.807, 2.05) is 29.6 Å². The topological polar surface area (TPSA) is 12.9 Å². The van der Waals surface area contributed by atoms with Crippen LogP contribution in [0.25, 0.3) is 10.1 Å². The van der Waals surface area contributed by atoms with E-state index < -0.39 is 0 Å². The SMILES string of the molecule is Fc1ccc2sccc2c1.c1ccncc1. The quantitative estimate of drug-likeness (QED) is 0.567. The van der Waals surface area contributed by atoms with Gasteiger partial charge in [-0.3, -0.25) is 4.98 Å². The lowest BCUT2D eigenvalue weighted by atomic mass is 10.3. The Morgan fingerprint density at radius 1 is 1.00 bits per heavy atom. The van der Waals surface area contributed by atoms with Crippen LogP contribution in [0.4, 0.5) is 4.39 Å². The molecule has 0 amide bonds. The van der Waals surface area contributed by atoms with E-state index in [1.165, 1.54) is 6.07 Å². The number of fused-ring (bicyclic) bond motifs is 1. The van der Waals surface area contributed by atoms with Crippen LogP contribution >= 0.6 is 11.3 Å². The van der Waals surface area contributed by atoms with E-state index in [0.29, 0.717) is 0 Å². The lowest BCUT2D eigenvalue weighted by molar-refractivity contribution is 0.630. The molecule has 0 aliphatic heterocycles. The number of hydrogen-bond acceptors (Lipinski definition) is 2. The number of hydrogen-bond donors (Lipinski definition) is 0. The van der Waals surface area contributed by atoms with Crippen molar-refractivity contribution in [2.75, 3.05) is 0 Å². The molecule has 0 N–H and O–H groups in total. The van der Waals surface area contributed by atoms with Crippen molar-refractivity contribution in [3.05, 3.63) is 66.1 Å². The highest BCUT2D eigenvalue weighted by atomic mass is 32.1. The first-order valence-corrected chi connectivity index (χ1v) is 5.72. The van der Waals surface area contributed by atoms with Crippen molar-refractivity contribution in [3.8, 4) is 0 Å². The smallest absolute Gasteiger partial charge is 0.123 e. The van der Waals surface area contributed by atoms with E-state index >= 15 is 0 Å². The van der Waals surface area contributed by atoms with Gasteiger partial charge in [0.1, 0.15) is 5.82 Å². The van der Waals surface area contributed by atoms with Gasteiger partial charge in [0.2, 0.25) is 0 Å². The average Bonchev–Trinajstić information content (AvgIpc) is 2.79. The summed E-state index contributed by atoms with van der Waals surface area (Å²) >= 11 is 1.63. The summed E-state index contributed by atoms with van der Waals surface area (Å²) in [6.45, 7) is 0. The molecule has 0 saturated heterocycles. The Labute approximate surface area is 97.2 Å². The zero-order chi connectivity index (χ0) is 11.2. The van der Waals surface area contributed by atoms with E-state index in [4.69, 9.17) is 0 Å². The average molecular weight is 231 g/mol. The molecule has 0 aliphatic rings. The standard InChI is InChI=1S/C8H5FS.C5H5N/c9-7-1-2-8-6(5-7)3-4-10-8;1-2-4-6-5-3-1/h1-5H;1-5H. The molecule has 3 heteroatoms. The van der Waals surface area contributed by atoms with E-state index in [2.05, 4.69) is 4.98 Å². The van der Waals surface area contributed by atoms with Gasteiger partial charge < -0.3 is 0 Å². The van der Waals surface area contributed by atoms with Gasteiger partial charge in [-0.05, 0) is 47.2 Å². The van der Waals surface area contributed by atoms with Crippen LogP contribution in [0.15, 0.2) is 60.2 Å². The van der Waals surface area contributed by atoms with E-state index in [1.54, 1.807) is 35.9 Å². The molecule has 0 radical (unpaired) electrons. The van der Waals surface area contributed by atoms with Crippen LogP contribution in [0, 0.1) is 5.82 Å². The zero-order valence-electron chi connectivity index (χ0n) is 8.51. The third kappa shape index (κ3) is 2.87. The van der Waals surface area contributed by atoms with Crippen LogP contribution < -0.4 is 0 Å². The molecule has 2 heterocycles. The van der Waals surface area contributed by atoms with Crippen LogP contribution in [-0.4, -0.2) is 4.98 Å². The molecule has 0 fully saturated rings. The minimum Gasteiger partial charge on any atom is -0.265 e. The fourth-order valence-electron chi connectivity index (χ4n) is 1.25. The second-order valence-electron chi connectivity index (χ2n) is 3.13. The van der Waals surface area contributed by atoms with Gasteiger partial charge in [-0.25, -0.2) is 4.39 Å². The van der Waals surface area contributed by atoms with Crippen LogP contribution in [0.5, 0.6) is 0 Å². The fraction of sp³-hybridized carbons (Fsp3) is 0. The van der Waals surface area contributed by atoms with Gasteiger partial charge in [-0.2, -0.15) is 0 Å². The van der Waals surface area contributed by atoms with Crippen LogP contribution in [-0.2, 0) is 0 Å². The predicted molar refractivity (Wildman–Crippen MR) is 66.0 cm³/mol. The number of thiophene rings is 1. The molecule has 0 saturated carbocycles. The van der Waals surface area contributed by atoms with Crippen molar-refractivity contribution in [3.63, 3.8) is 0 Å². The number of benzene rings is 1. The normalized spacial score (nSPS) is 9.56. The highest BCUT2D eigenvalue weighted by Crippen LogP contribution is 2.20. The molecular weight excluding hydrogens is 221 g/mol. The third-order valence-electron chi connectivity index (χ3n) is 1.98. The van der Waals surface area contributed by atoms with Crippen molar-refractivity contribution in [1.82, 2.24) is 4.98 Å². The highest BCUT2D eigenvalue weighted by molar-refractivity contribution is 7.17. The summed E-state index contributed by atoms with van der Waals surface area (Å²) in [5.74, 6) is -0.161. The van der Waals surface area contributed by atoms with Crippen LogP contribution in [0.3, 0.4) is 0 Å². The maximum Gasteiger partial charge on any atom is 0.123 e. The summed E-state index contributed by atoms with van der Waals surface area (Å²) in [6, 6.07) is 12.5. The van der Waals surface area contributed by atoms with Crippen LogP contribution in [0.1, 0.15) is 0 Å². The number of rotatable bonds is 0. The molecule has 1 nitrogen and oxygen atoms in total. The molecule has 0 bridgehead atoms. The molecular formula is C13H10FNS. The monoisotopic (exact) mass is 231 g/mol. The van der Waals surface area contributed by atoms with Crippen molar-refractivity contribution in [2.24, 2.45) is 0 Å². The first-order valence-electron chi connectivity index (χ1n) is 4.84. The summed E-state index contributed by atoms with van der Waals surface area (Å²) in [6.07, 6.45) is 3.50. The first-order chi connectivity index (χ1) is 7.86. The maximum atomic E-state index is 12.5. The van der Waals surface area contributed by atoms with E-state index in [0.717, 1.165) is 10.1 Å². The molecule has 0 aliphatic carbocycles. The summed E-state index contributed by atoms with van der Waals surface area (Å²) in [5.41, 5.74) is 0. The number of pyridine rings is 1.